The Morgan fingerprint density at radius 3 is 2.56 bits per heavy atom. The van der Waals surface area contributed by atoms with Crippen molar-refractivity contribution in [2.75, 3.05) is 25.0 Å². The summed E-state index contributed by atoms with van der Waals surface area (Å²) >= 11 is 0. The molecular weight excluding hydrogens is 220 g/mol. The van der Waals surface area contributed by atoms with E-state index in [9.17, 15) is 0 Å². The van der Waals surface area contributed by atoms with Crippen molar-refractivity contribution in [3.05, 3.63) is 29.3 Å². The Morgan fingerprint density at radius 1 is 1.22 bits per heavy atom. The van der Waals surface area contributed by atoms with Gasteiger partial charge in [0.05, 0.1) is 0 Å². The van der Waals surface area contributed by atoms with E-state index < -0.39 is 0 Å². The van der Waals surface area contributed by atoms with Crippen LogP contribution in [0.15, 0.2) is 18.2 Å². The molecule has 2 unspecified atom stereocenters. The van der Waals surface area contributed by atoms with Gasteiger partial charge < -0.3 is 10.2 Å². The second kappa shape index (κ2) is 4.93. The standard InChI is InChI=1S/C16H24N2/c1-12-8-13(9-17-2)6-7-16(12)18-10-14-4-3-5-15(14)11-18/h6-8,14-15,17H,3-5,9-11H2,1-2H3. The van der Waals surface area contributed by atoms with Gasteiger partial charge in [0.2, 0.25) is 0 Å². The Labute approximate surface area is 110 Å². The Bertz CT molecular complexity index is 415. The maximum absolute atomic E-state index is 3.22. The van der Waals surface area contributed by atoms with E-state index in [-0.39, 0.29) is 0 Å². The number of aryl methyl sites for hydroxylation is 1. The second-order valence-electron chi connectivity index (χ2n) is 6.01. The first-order valence-electron chi connectivity index (χ1n) is 7.27. The topological polar surface area (TPSA) is 15.3 Å². The number of anilines is 1. The number of nitrogens with zero attached hydrogens (tertiary/aromatic N) is 1. The smallest absolute Gasteiger partial charge is 0.0396 e. The van der Waals surface area contributed by atoms with Gasteiger partial charge in [-0.25, -0.2) is 0 Å². The van der Waals surface area contributed by atoms with Crippen LogP contribution in [0.4, 0.5) is 5.69 Å². The molecule has 1 aromatic rings. The summed E-state index contributed by atoms with van der Waals surface area (Å²) in [5.41, 5.74) is 4.28. The summed E-state index contributed by atoms with van der Waals surface area (Å²) in [5.74, 6) is 1.95. The predicted molar refractivity (Wildman–Crippen MR) is 77.0 cm³/mol. The van der Waals surface area contributed by atoms with Crippen molar-refractivity contribution in [1.29, 1.82) is 0 Å². The molecule has 2 heteroatoms. The first-order chi connectivity index (χ1) is 8.78. The van der Waals surface area contributed by atoms with Crippen LogP contribution in [-0.2, 0) is 6.54 Å². The average molecular weight is 244 g/mol. The lowest BCUT2D eigenvalue weighted by Crippen LogP contribution is -2.21. The van der Waals surface area contributed by atoms with Crippen molar-refractivity contribution in [3.8, 4) is 0 Å². The molecule has 1 heterocycles. The molecule has 0 bridgehead atoms. The summed E-state index contributed by atoms with van der Waals surface area (Å²) in [4.78, 5) is 2.62. The van der Waals surface area contributed by atoms with Crippen molar-refractivity contribution in [3.63, 3.8) is 0 Å². The molecular formula is C16H24N2. The molecule has 1 saturated carbocycles. The lowest BCUT2D eigenvalue weighted by molar-refractivity contribution is 0.494. The van der Waals surface area contributed by atoms with Gasteiger partial charge in [0, 0.05) is 25.3 Å². The van der Waals surface area contributed by atoms with Gasteiger partial charge in [-0.1, -0.05) is 18.6 Å². The van der Waals surface area contributed by atoms with Crippen molar-refractivity contribution in [2.24, 2.45) is 11.8 Å². The Hall–Kier alpha value is -1.02. The summed E-state index contributed by atoms with van der Waals surface area (Å²) in [6.07, 6.45) is 4.37. The lowest BCUT2D eigenvalue weighted by Gasteiger charge is -2.22. The number of fused-ring (bicyclic) bond motifs is 1. The summed E-state index contributed by atoms with van der Waals surface area (Å²) in [6.45, 7) is 5.79. The first kappa shape index (κ1) is 12.0. The summed E-state index contributed by atoms with van der Waals surface area (Å²) < 4.78 is 0. The quantitative estimate of drug-likeness (QED) is 0.879. The van der Waals surface area contributed by atoms with Gasteiger partial charge in [-0.3, -0.25) is 0 Å². The Balaban J connectivity index is 1.76. The van der Waals surface area contributed by atoms with Crippen LogP contribution >= 0.6 is 0 Å². The number of nitrogens with one attached hydrogen (secondary N) is 1. The van der Waals surface area contributed by atoms with Gasteiger partial charge in [-0.05, 0) is 55.8 Å². The van der Waals surface area contributed by atoms with Crippen molar-refractivity contribution in [1.82, 2.24) is 5.32 Å². The fourth-order valence-electron chi connectivity index (χ4n) is 3.82. The van der Waals surface area contributed by atoms with E-state index in [0.717, 1.165) is 18.4 Å². The molecule has 1 aromatic carbocycles. The SMILES string of the molecule is CNCc1ccc(N2CC3CCCC3C2)c(C)c1. The number of hydrogen-bond donors (Lipinski definition) is 1. The lowest BCUT2D eigenvalue weighted by atomic mass is 10.0. The third-order valence-electron chi connectivity index (χ3n) is 4.71. The molecule has 2 fully saturated rings. The highest BCUT2D eigenvalue weighted by Gasteiger charge is 2.36. The maximum Gasteiger partial charge on any atom is 0.0396 e. The van der Waals surface area contributed by atoms with Crippen LogP contribution in [0.3, 0.4) is 0 Å². The summed E-state index contributed by atoms with van der Waals surface area (Å²) in [7, 11) is 2.00. The average Bonchev–Trinajstić information content (AvgIpc) is 2.89. The third kappa shape index (κ3) is 2.14. The molecule has 0 aromatic heterocycles. The van der Waals surface area contributed by atoms with Gasteiger partial charge in [0.15, 0.2) is 0 Å². The van der Waals surface area contributed by atoms with Crippen LogP contribution in [0.1, 0.15) is 30.4 Å². The predicted octanol–water partition coefficient (Wildman–Crippen LogP) is 2.95. The van der Waals surface area contributed by atoms with E-state index in [0.29, 0.717) is 0 Å². The van der Waals surface area contributed by atoms with E-state index in [1.54, 1.807) is 0 Å². The van der Waals surface area contributed by atoms with Crippen LogP contribution in [0.25, 0.3) is 0 Å². The van der Waals surface area contributed by atoms with E-state index >= 15 is 0 Å². The van der Waals surface area contributed by atoms with Gasteiger partial charge >= 0.3 is 0 Å². The normalized spacial score (nSPS) is 26.7. The number of hydrogen-bond acceptors (Lipinski definition) is 2. The molecule has 2 nitrogen and oxygen atoms in total. The molecule has 0 spiro atoms. The van der Waals surface area contributed by atoms with Crippen LogP contribution in [-0.4, -0.2) is 20.1 Å². The van der Waals surface area contributed by atoms with Crippen LogP contribution < -0.4 is 10.2 Å². The van der Waals surface area contributed by atoms with Gasteiger partial charge in [-0.15, -0.1) is 0 Å². The zero-order valence-electron chi connectivity index (χ0n) is 11.6. The van der Waals surface area contributed by atoms with Gasteiger partial charge in [-0.2, -0.15) is 0 Å². The minimum atomic E-state index is 0.965. The molecule has 3 rings (SSSR count). The molecule has 1 saturated heterocycles. The fourth-order valence-corrected chi connectivity index (χ4v) is 3.82. The molecule has 1 N–H and O–H groups in total. The van der Waals surface area contributed by atoms with E-state index in [4.69, 9.17) is 0 Å². The first-order valence-corrected chi connectivity index (χ1v) is 7.27. The van der Waals surface area contributed by atoms with Crippen molar-refractivity contribution >= 4 is 5.69 Å². The third-order valence-corrected chi connectivity index (χ3v) is 4.71. The zero-order chi connectivity index (χ0) is 12.5. The van der Waals surface area contributed by atoms with Crippen LogP contribution in [0.2, 0.25) is 0 Å². The Morgan fingerprint density at radius 2 is 1.94 bits per heavy atom. The minimum absolute atomic E-state index is 0.965. The summed E-state index contributed by atoms with van der Waals surface area (Å²) in [6, 6.07) is 6.93. The van der Waals surface area contributed by atoms with Crippen LogP contribution in [0, 0.1) is 18.8 Å². The highest BCUT2D eigenvalue weighted by atomic mass is 15.2. The molecule has 1 aliphatic heterocycles. The van der Waals surface area contributed by atoms with E-state index in [1.165, 1.54) is 49.2 Å². The largest absolute Gasteiger partial charge is 0.371 e. The molecule has 18 heavy (non-hydrogen) atoms. The summed E-state index contributed by atoms with van der Waals surface area (Å²) in [5, 5.41) is 3.22. The zero-order valence-corrected chi connectivity index (χ0v) is 11.6. The van der Waals surface area contributed by atoms with Crippen molar-refractivity contribution < 1.29 is 0 Å². The second-order valence-corrected chi connectivity index (χ2v) is 6.01. The molecule has 1 aliphatic carbocycles. The number of rotatable bonds is 3. The highest BCUT2D eigenvalue weighted by Crippen LogP contribution is 2.40. The fraction of sp³-hybridized carbons (Fsp3) is 0.625. The molecule has 2 atom stereocenters. The van der Waals surface area contributed by atoms with Crippen LogP contribution in [0.5, 0.6) is 0 Å². The maximum atomic E-state index is 3.22. The minimum Gasteiger partial charge on any atom is -0.371 e. The van der Waals surface area contributed by atoms with E-state index in [1.807, 2.05) is 7.05 Å². The molecule has 2 aliphatic rings. The molecule has 98 valence electrons. The Kier molecular flexibility index (Phi) is 3.29. The van der Waals surface area contributed by atoms with Crippen molar-refractivity contribution in [2.45, 2.75) is 32.7 Å². The monoisotopic (exact) mass is 244 g/mol. The molecule has 0 radical (unpaired) electrons. The number of benzene rings is 1. The van der Waals surface area contributed by atoms with Gasteiger partial charge in [0.1, 0.15) is 0 Å². The van der Waals surface area contributed by atoms with E-state index in [2.05, 4.69) is 35.3 Å². The highest BCUT2D eigenvalue weighted by molar-refractivity contribution is 5.55. The molecule has 0 amide bonds. The van der Waals surface area contributed by atoms with Gasteiger partial charge in [0.25, 0.3) is 0 Å².